The van der Waals surface area contributed by atoms with Gasteiger partial charge in [-0.15, -0.1) is 12.3 Å². The molecule has 0 saturated heterocycles. The quantitative estimate of drug-likeness (QED) is 0.182. The highest BCUT2D eigenvalue weighted by atomic mass is 16.3. The van der Waals surface area contributed by atoms with E-state index in [1.165, 1.54) is 39.8 Å². The molecule has 0 fully saturated rings. The Labute approximate surface area is 204 Å². The molecular formula is C32H46O. The molecule has 180 valence electrons. The van der Waals surface area contributed by atoms with Gasteiger partial charge in [-0.3, -0.25) is 0 Å². The molecule has 0 bridgehead atoms. The summed E-state index contributed by atoms with van der Waals surface area (Å²) >= 11 is 0. The fourth-order valence-electron chi connectivity index (χ4n) is 3.75. The lowest BCUT2D eigenvalue weighted by Crippen LogP contribution is -1.84. The number of hydrogen-bond acceptors (Lipinski definition) is 1. The number of hydrogen-bond donors (Lipinski definition) is 0. The third-order valence-electron chi connectivity index (χ3n) is 6.01. The van der Waals surface area contributed by atoms with Gasteiger partial charge in [-0.2, -0.15) is 0 Å². The third-order valence-corrected chi connectivity index (χ3v) is 6.01. The lowest BCUT2D eigenvalue weighted by atomic mass is 10.0. The summed E-state index contributed by atoms with van der Waals surface area (Å²) in [5.41, 5.74) is 8.57. The van der Waals surface area contributed by atoms with Gasteiger partial charge in [0.2, 0.25) is 0 Å². The van der Waals surface area contributed by atoms with Crippen LogP contribution in [0, 0.1) is 12.3 Å². The first kappa shape index (κ1) is 28.6. The van der Waals surface area contributed by atoms with E-state index < -0.39 is 0 Å². The van der Waals surface area contributed by atoms with E-state index in [9.17, 15) is 0 Å². The minimum Gasteiger partial charge on any atom is -0.472 e. The molecule has 0 radical (unpaired) electrons. The van der Waals surface area contributed by atoms with Crippen LogP contribution in [0.3, 0.4) is 0 Å². The van der Waals surface area contributed by atoms with Gasteiger partial charge in [0.25, 0.3) is 0 Å². The fraction of sp³-hybridized carbons (Fsp3) is 0.500. The van der Waals surface area contributed by atoms with Crippen molar-refractivity contribution in [3.8, 4) is 12.3 Å². The number of allylic oxidation sites excluding steroid dienone is 10. The second-order valence-electron chi connectivity index (χ2n) is 9.46. The molecule has 0 amide bonds. The molecule has 1 nitrogen and oxygen atoms in total. The molecule has 0 unspecified atom stereocenters. The van der Waals surface area contributed by atoms with E-state index in [1.807, 2.05) is 12.3 Å². The number of rotatable bonds is 16. The highest BCUT2D eigenvalue weighted by molar-refractivity contribution is 5.11. The molecule has 0 aliphatic rings. The SMILES string of the molecule is C#CCC(C)=CCCC(C)=CCCC(C)=CCCC(C)=CCCC(C)=CCCc1ccoc1. The summed E-state index contributed by atoms with van der Waals surface area (Å²) in [6.45, 7) is 11.2. The van der Waals surface area contributed by atoms with E-state index in [0.29, 0.717) is 0 Å². The van der Waals surface area contributed by atoms with Crippen molar-refractivity contribution >= 4 is 0 Å². The number of furan rings is 1. The van der Waals surface area contributed by atoms with Crippen molar-refractivity contribution in [1.29, 1.82) is 0 Å². The highest BCUT2D eigenvalue weighted by Gasteiger charge is 1.96. The Balaban J connectivity index is 2.19. The summed E-state index contributed by atoms with van der Waals surface area (Å²) in [6, 6.07) is 2.05. The van der Waals surface area contributed by atoms with Crippen LogP contribution in [0.1, 0.15) is 104 Å². The first-order chi connectivity index (χ1) is 15.9. The molecule has 0 N–H and O–H groups in total. The molecule has 0 aromatic carbocycles. The lowest BCUT2D eigenvalue weighted by Gasteiger charge is -2.03. The van der Waals surface area contributed by atoms with Crippen LogP contribution in [-0.2, 0) is 6.42 Å². The largest absolute Gasteiger partial charge is 0.472 e. The molecule has 33 heavy (non-hydrogen) atoms. The maximum atomic E-state index is 5.35. The standard InChI is InChI=1S/C32H46O/c1-7-13-27(2)14-8-15-28(3)16-9-17-29(4)18-10-19-30(5)20-11-21-31(6)22-12-23-32-24-25-33-26-32/h1,14,16,18,20,22,24-26H,8-13,15,17,19,21,23H2,2-6H3. The average molecular weight is 447 g/mol. The average Bonchev–Trinajstić information content (AvgIpc) is 3.27. The Hall–Kier alpha value is -2.46. The summed E-state index contributed by atoms with van der Waals surface area (Å²) in [5.74, 6) is 2.70. The van der Waals surface area contributed by atoms with E-state index in [4.69, 9.17) is 10.8 Å². The smallest absolute Gasteiger partial charge is 0.0934 e. The summed E-state index contributed by atoms with van der Waals surface area (Å²) < 4.78 is 5.12. The van der Waals surface area contributed by atoms with Crippen molar-refractivity contribution in [2.24, 2.45) is 0 Å². The topological polar surface area (TPSA) is 13.1 Å². The second kappa shape index (κ2) is 18.0. The predicted octanol–water partition coefficient (Wildman–Crippen LogP) is 10.1. The normalized spacial score (nSPS) is 14.0. The predicted molar refractivity (Wildman–Crippen MR) is 146 cm³/mol. The monoisotopic (exact) mass is 446 g/mol. The lowest BCUT2D eigenvalue weighted by molar-refractivity contribution is 0.564. The maximum absolute atomic E-state index is 5.35. The minimum absolute atomic E-state index is 0.769. The Morgan fingerprint density at radius 1 is 0.697 bits per heavy atom. The van der Waals surface area contributed by atoms with Crippen molar-refractivity contribution in [2.45, 2.75) is 105 Å². The van der Waals surface area contributed by atoms with Crippen LogP contribution in [-0.4, -0.2) is 0 Å². The van der Waals surface area contributed by atoms with Gasteiger partial charge in [0.15, 0.2) is 0 Å². The van der Waals surface area contributed by atoms with Crippen LogP contribution in [0.4, 0.5) is 0 Å². The molecule has 1 heteroatoms. The summed E-state index contributed by atoms with van der Waals surface area (Å²) in [4.78, 5) is 0. The summed E-state index contributed by atoms with van der Waals surface area (Å²) in [5, 5.41) is 0. The molecule has 0 aliphatic carbocycles. The van der Waals surface area contributed by atoms with Crippen molar-refractivity contribution in [3.05, 3.63) is 82.4 Å². The number of aryl methyl sites for hydroxylation is 1. The van der Waals surface area contributed by atoms with Gasteiger partial charge in [-0.25, -0.2) is 0 Å². The van der Waals surface area contributed by atoms with Crippen LogP contribution >= 0.6 is 0 Å². The van der Waals surface area contributed by atoms with Gasteiger partial charge in [0.05, 0.1) is 12.5 Å². The van der Waals surface area contributed by atoms with Gasteiger partial charge in [-0.1, -0.05) is 58.2 Å². The van der Waals surface area contributed by atoms with Gasteiger partial charge in [0, 0.05) is 6.42 Å². The van der Waals surface area contributed by atoms with Gasteiger partial charge < -0.3 is 4.42 Å². The van der Waals surface area contributed by atoms with Crippen LogP contribution in [0.15, 0.2) is 81.3 Å². The highest BCUT2D eigenvalue weighted by Crippen LogP contribution is 2.15. The van der Waals surface area contributed by atoms with Crippen molar-refractivity contribution in [2.75, 3.05) is 0 Å². The number of terminal acetylenes is 1. The molecule has 1 aromatic heterocycles. The van der Waals surface area contributed by atoms with E-state index >= 15 is 0 Å². The second-order valence-corrected chi connectivity index (χ2v) is 9.46. The molecular weight excluding hydrogens is 400 g/mol. The Kier molecular flexibility index (Phi) is 15.6. The molecule has 0 saturated carbocycles. The molecule has 0 atom stereocenters. The summed E-state index contributed by atoms with van der Waals surface area (Å²) in [7, 11) is 0. The van der Waals surface area contributed by atoms with E-state index in [0.717, 1.165) is 64.2 Å². The molecule has 1 aromatic rings. The van der Waals surface area contributed by atoms with E-state index in [-0.39, 0.29) is 0 Å². The zero-order chi connectivity index (χ0) is 24.3. The van der Waals surface area contributed by atoms with Gasteiger partial charge >= 0.3 is 0 Å². The van der Waals surface area contributed by atoms with E-state index in [1.54, 1.807) is 6.26 Å². The van der Waals surface area contributed by atoms with E-state index in [2.05, 4.69) is 70.9 Å². The third kappa shape index (κ3) is 15.9. The van der Waals surface area contributed by atoms with Crippen LogP contribution < -0.4 is 0 Å². The maximum Gasteiger partial charge on any atom is 0.0934 e. The molecule has 1 heterocycles. The molecule has 1 rings (SSSR count). The first-order valence-electron chi connectivity index (χ1n) is 12.6. The fourth-order valence-corrected chi connectivity index (χ4v) is 3.75. The Bertz CT molecular complexity index is 847. The minimum atomic E-state index is 0.769. The van der Waals surface area contributed by atoms with Crippen molar-refractivity contribution in [1.82, 2.24) is 0 Å². The molecule has 0 spiro atoms. The first-order valence-corrected chi connectivity index (χ1v) is 12.6. The van der Waals surface area contributed by atoms with Crippen LogP contribution in [0.5, 0.6) is 0 Å². The zero-order valence-electron chi connectivity index (χ0n) is 21.9. The Morgan fingerprint density at radius 3 is 1.52 bits per heavy atom. The van der Waals surface area contributed by atoms with Gasteiger partial charge in [-0.05, 0) is 110 Å². The molecule has 0 aliphatic heterocycles. The Morgan fingerprint density at radius 2 is 1.12 bits per heavy atom. The summed E-state index contributed by atoms with van der Waals surface area (Å²) in [6.07, 6.45) is 32.9. The zero-order valence-corrected chi connectivity index (χ0v) is 21.9. The van der Waals surface area contributed by atoms with Crippen molar-refractivity contribution in [3.63, 3.8) is 0 Å². The van der Waals surface area contributed by atoms with Crippen molar-refractivity contribution < 1.29 is 4.42 Å². The van der Waals surface area contributed by atoms with Crippen LogP contribution in [0.25, 0.3) is 0 Å². The van der Waals surface area contributed by atoms with Crippen LogP contribution in [0.2, 0.25) is 0 Å². The van der Waals surface area contributed by atoms with Gasteiger partial charge in [0.1, 0.15) is 0 Å².